The number of ether oxygens (including phenoxy) is 1. The number of nitrogens with two attached hydrogens (primary N) is 1. The molecule has 1 atom stereocenters. The van der Waals surface area contributed by atoms with E-state index in [0.29, 0.717) is 5.56 Å². The monoisotopic (exact) mass is 283 g/mol. The van der Waals surface area contributed by atoms with E-state index in [1.54, 1.807) is 0 Å². The summed E-state index contributed by atoms with van der Waals surface area (Å²) in [6.07, 6.45) is -5.48. The lowest BCUT2D eigenvalue weighted by molar-refractivity contribution is -0.136. The molecule has 18 heavy (non-hydrogen) atoms. The van der Waals surface area contributed by atoms with Crippen LogP contribution >= 0.6 is 11.6 Å². The third kappa shape index (κ3) is 3.96. The summed E-state index contributed by atoms with van der Waals surface area (Å²) >= 11 is 5.72. The van der Waals surface area contributed by atoms with E-state index in [1.165, 1.54) is 19.2 Å². The van der Waals surface area contributed by atoms with E-state index in [1.807, 2.05) is 0 Å². The Bertz CT molecular complexity index is 423. The number of halogens is 4. The lowest BCUT2D eigenvalue weighted by Gasteiger charge is -2.15. The van der Waals surface area contributed by atoms with Crippen LogP contribution in [-0.2, 0) is 0 Å². The lowest BCUT2D eigenvalue weighted by atomic mass is 10.0. The Morgan fingerprint density at radius 2 is 2.06 bits per heavy atom. The summed E-state index contributed by atoms with van der Waals surface area (Å²) in [5.41, 5.74) is 6.04. The van der Waals surface area contributed by atoms with Crippen molar-refractivity contribution in [1.29, 1.82) is 0 Å². The Labute approximate surface area is 107 Å². The molecule has 3 N–H and O–H groups in total. The number of hydrogen-bond donors (Lipinski definition) is 2. The van der Waals surface area contributed by atoms with Crippen LogP contribution in [0.15, 0.2) is 12.1 Å². The summed E-state index contributed by atoms with van der Waals surface area (Å²) in [6.45, 7) is 0. The molecule has 0 unspecified atom stereocenters. The SMILES string of the molecule is COc1cc([C@H](N)CCC(F)(F)F)cc(Cl)c1O. The maximum Gasteiger partial charge on any atom is 0.389 e. The van der Waals surface area contributed by atoms with Crippen molar-refractivity contribution in [3.8, 4) is 11.5 Å². The van der Waals surface area contributed by atoms with Gasteiger partial charge in [-0.15, -0.1) is 0 Å². The van der Waals surface area contributed by atoms with E-state index in [4.69, 9.17) is 22.1 Å². The normalized spacial score (nSPS) is 13.4. The van der Waals surface area contributed by atoms with E-state index in [-0.39, 0.29) is 22.9 Å². The first kappa shape index (κ1) is 14.9. The average Bonchev–Trinajstić information content (AvgIpc) is 2.28. The summed E-state index contributed by atoms with van der Waals surface area (Å²) < 4.78 is 41.1. The van der Waals surface area contributed by atoms with Crippen molar-refractivity contribution in [2.75, 3.05) is 7.11 Å². The first-order valence-corrected chi connectivity index (χ1v) is 5.51. The molecule has 0 aliphatic carbocycles. The zero-order valence-electron chi connectivity index (χ0n) is 9.59. The van der Waals surface area contributed by atoms with Crippen molar-refractivity contribution in [3.05, 3.63) is 22.7 Å². The molecule has 0 fully saturated rings. The first-order valence-electron chi connectivity index (χ1n) is 5.13. The fourth-order valence-corrected chi connectivity index (χ4v) is 1.67. The number of phenolic OH excluding ortho intramolecular Hbond substituents is 1. The summed E-state index contributed by atoms with van der Waals surface area (Å²) in [4.78, 5) is 0. The van der Waals surface area contributed by atoms with Crippen molar-refractivity contribution in [2.45, 2.75) is 25.1 Å². The molecule has 3 nitrogen and oxygen atoms in total. The molecule has 0 amide bonds. The Morgan fingerprint density at radius 3 is 2.56 bits per heavy atom. The number of alkyl halides is 3. The third-order valence-electron chi connectivity index (χ3n) is 2.44. The number of hydrogen-bond acceptors (Lipinski definition) is 3. The Hall–Kier alpha value is -1.14. The van der Waals surface area contributed by atoms with E-state index in [9.17, 15) is 18.3 Å². The molecule has 7 heteroatoms. The van der Waals surface area contributed by atoms with E-state index < -0.39 is 18.6 Å². The van der Waals surface area contributed by atoms with Gasteiger partial charge >= 0.3 is 6.18 Å². The molecule has 0 aromatic heterocycles. The van der Waals surface area contributed by atoms with Crippen LogP contribution in [0.3, 0.4) is 0 Å². The van der Waals surface area contributed by atoms with Crippen LogP contribution in [0.4, 0.5) is 13.2 Å². The van der Waals surface area contributed by atoms with Gasteiger partial charge in [-0.25, -0.2) is 0 Å². The number of rotatable bonds is 4. The highest BCUT2D eigenvalue weighted by molar-refractivity contribution is 6.32. The molecule has 0 saturated carbocycles. The second-order valence-corrected chi connectivity index (χ2v) is 4.22. The molecular weight excluding hydrogens is 271 g/mol. The molecule has 1 rings (SSSR count). The Balaban J connectivity index is 2.86. The van der Waals surface area contributed by atoms with Crippen LogP contribution in [0.1, 0.15) is 24.4 Å². The molecule has 0 saturated heterocycles. The average molecular weight is 284 g/mol. The van der Waals surface area contributed by atoms with Gasteiger partial charge in [0.1, 0.15) is 0 Å². The molecular formula is C11H13ClF3NO2. The van der Waals surface area contributed by atoms with Crippen molar-refractivity contribution in [1.82, 2.24) is 0 Å². The van der Waals surface area contributed by atoms with E-state index in [0.717, 1.165) is 0 Å². The van der Waals surface area contributed by atoms with E-state index >= 15 is 0 Å². The van der Waals surface area contributed by atoms with Gasteiger partial charge in [0, 0.05) is 12.5 Å². The van der Waals surface area contributed by atoms with Crippen LogP contribution in [0.5, 0.6) is 11.5 Å². The summed E-state index contributed by atoms with van der Waals surface area (Å²) in [6, 6.07) is 1.89. The quantitative estimate of drug-likeness (QED) is 0.890. The molecule has 0 spiro atoms. The summed E-state index contributed by atoms with van der Waals surface area (Å²) in [5.74, 6) is -0.175. The van der Waals surface area contributed by atoms with Gasteiger partial charge in [0.05, 0.1) is 12.1 Å². The number of methoxy groups -OCH3 is 1. The predicted octanol–water partition coefficient (Wildman–Crippen LogP) is 3.40. The third-order valence-corrected chi connectivity index (χ3v) is 2.73. The van der Waals surface area contributed by atoms with Gasteiger partial charge < -0.3 is 15.6 Å². The maximum absolute atomic E-state index is 12.1. The Kier molecular flexibility index (Phi) is 4.70. The molecule has 102 valence electrons. The highest BCUT2D eigenvalue weighted by atomic mass is 35.5. The summed E-state index contributed by atoms with van der Waals surface area (Å²) in [7, 11) is 1.32. The van der Waals surface area contributed by atoms with Crippen molar-refractivity contribution < 1.29 is 23.0 Å². The van der Waals surface area contributed by atoms with Crippen LogP contribution in [0.25, 0.3) is 0 Å². The highest BCUT2D eigenvalue weighted by Gasteiger charge is 2.28. The zero-order chi connectivity index (χ0) is 13.9. The van der Waals surface area contributed by atoms with Gasteiger partial charge in [-0.3, -0.25) is 0 Å². The topological polar surface area (TPSA) is 55.5 Å². The molecule has 0 aliphatic heterocycles. The first-order chi connectivity index (χ1) is 8.24. The number of aromatic hydroxyl groups is 1. The number of benzene rings is 1. The van der Waals surface area contributed by atoms with Crippen LogP contribution < -0.4 is 10.5 Å². The zero-order valence-corrected chi connectivity index (χ0v) is 10.3. The molecule has 1 aromatic rings. The van der Waals surface area contributed by atoms with Gasteiger partial charge in [-0.2, -0.15) is 13.2 Å². The highest BCUT2D eigenvalue weighted by Crippen LogP contribution is 2.37. The minimum absolute atomic E-state index is 0.00758. The van der Waals surface area contributed by atoms with Crippen molar-refractivity contribution >= 4 is 11.6 Å². The van der Waals surface area contributed by atoms with Crippen LogP contribution in [0, 0.1) is 0 Å². The van der Waals surface area contributed by atoms with Gasteiger partial charge in [0.15, 0.2) is 11.5 Å². The Morgan fingerprint density at radius 1 is 1.44 bits per heavy atom. The van der Waals surface area contributed by atoms with Crippen LogP contribution in [0.2, 0.25) is 5.02 Å². The smallest absolute Gasteiger partial charge is 0.389 e. The molecule has 0 radical (unpaired) electrons. The maximum atomic E-state index is 12.1. The minimum atomic E-state index is -4.25. The van der Waals surface area contributed by atoms with Gasteiger partial charge in [-0.1, -0.05) is 11.6 Å². The second-order valence-electron chi connectivity index (χ2n) is 3.81. The lowest BCUT2D eigenvalue weighted by Crippen LogP contribution is -2.15. The number of phenols is 1. The molecule has 0 bridgehead atoms. The standard InChI is InChI=1S/C11H13ClF3NO2/c1-18-9-5-6(4-7(12)10(9)17)8(16)2-3-11(13,14)15/h4-5,8,17H,2-3,16H2,1H3/t8-/m1/s1. The largest absolute Gasteiger partial charge is 0.503 e. The van der Waals surface area contributed by atoms with E-state index in [2.05, 4.69) is 0 Å². The van der Waals surface area contributed by atoms with Crippen molar-refractivity contribution in [3.63, 3.8) is 0 Å². The fourth-order valence-electron chi connectivity index (χ4n) is 1.45. The van der Waals surface area contributed by atoms with Gasteiger partial charge in [0.2, 0.25) is 0 Å². The predicted molar refractivity (Wildman–Crippen MR) is 61.9 cm³/mol. The minimum Gasteiger partial charge on any atom is -0.503 e. The second kappa shape index (κ2) is 5.67. The molecule has 0 heterocycles. The molecule has 1 aromatic carbocycles. The molecule has 0 aliphatic rings. The van der Waals surface area contributed by atoms with Gasteiger partial charge in [0.25, 0.3) is 0 Å². The van der Waals surface area contributed by atoms with Crippen LogP contribution in [-0.4, -0.2) is 18.4 Å². The fraction of sp³-hybridized carbons (Fsp3) is 0.455. The van der Waals surface area contributed by atoms with Gasteiger partial charge in [-0.05, 0) is 24.1 Å². The summed E-state index contributed by atoms with van der Waals surface area (Å²) in [5, 5.41) is 9.48. The van der Waals surface area contributed by atoms with Crippen molar-refractivity contribution in [2.24, 2.45) is 5.73 Å².